The van der Waals surface area contributed by atoms with Crippen molar-refractivity contribution in [3.63, 3.8) is 0 Å². The molecule has 0 fully saturated rings. The molecule has 0 saturated carbocycles. The lowest BCUT2D eigenvalue weighted by Crippen LogP contribution is -2.45. The fourth-order valence-electron chi connectivity index (χ4n) is 5.84. The molecule has 0 rings (SSSR count). The number of amides is 1. The Labute approximate surface area is 342 Å². The number of carbonyl (C=O) groups excluding carboxylic acids is 1. The van der Waals surface area contributed by atoms with Gasteiger partial charge in [-0.25, -0.2) is 4.57 Å². The highest BCUT2D eigenvalue weighted by Crippen LogP contribution is 2.43. The number of aliphatic hydroxyl groups is 3. The van der Waals surface area contributed by atoms with Gasteiger partial charge in [0.25, 0.3) is 0 Å². The van der Waals surface area contributed by atoms with Crippen molar-refractivity contribution in [3.8, 4) is 0 Å². The Hall–Kier alpha value is -1.88. The standard InChI is InChI=1S/C45H83N2O8P/c1-6-8-10-11-12-13-14-15-16-17-18-19-23-26-30-36-44(50)43(40-55-56(52,53)54-39-38-47(3,4)5)46-45(51)37-31-35-42(49)34-29-25-22-20-21-24-28-33-41(48)32-27-9-7-2/h21-22,24-25,28-30,33-34,36,41-44,48-50H,6-20,23,26-27,31-32,35,37-40H2,1-5H3,(H-,46,51,52,53)/p+1/b24-21-,25-22-,33-28+,34-29+,36-30+/t41-,42-,43+,44-/m1/s1. The number of hydrogen-bond acceptors (Lipinski definition) is 7. The summed E-state index contributed by atoms with van der Waals surface area (Å²) in [5, 5.41) is 34.0. The minimum absolute atomic E-state index is 0.0160. The monoisotopic (exact) mass is 812 g/mol. The molecule has 56 heavy (non-hydrogen) atoms. The summed E-state index contributed by atoms with van der Waals surface area (Å²) in [5.41, 5.74) is 0. The number of hydrogen-bond donors (Lipinski definition) is 5. The van der Waals surface area contributed by atoms with Crippen molar-refractivity contribution in [2.75, 3.05) is 40.9 Å². The molecular formula is C45H84N2O8P+. The Morgan fingerprint density at radius 1 is 0.661 bits per heavy atom. The molecule has 0 aliphatic heterocycles. The van der Waals surface area contributed by atoms with Crippen LogP contribution in [0.3, 0.4) is 0 Å². The third-order valence-corrected chi connectivity index (χ3v) is 10.4. The van der Waals surface area contributed by atoms with Crippen molar-refractivity contribution in [1.29, 1.82) is 0 Å². The Morgan fingerprint density at radius 2 is 1.16 bits per heavy atom. The maximum absolute atomic E-state index is 12.9. The van der Waals surface area contributed by atoms with Crippen LogP contribution in [0, 0.1) is 0 Å². The number of likely N-dealkylation sites (N-methyl/N-ethyl adjacent to an activating group) is 1. The molecule has 1 unspecified atom stereocenters. The van der Waals surface area contributed by atoms with Crippen LogP contribution in [-0.2, 0) is 18.4 Å². The zero-order valence-electron chi connectivity index (χ0n) is 36.1. The van der Waals surface area contributed by atoms with Gasteiger partial charge in [0.15, 0.2) is 0 Å². The number of quaternary nitrogens is 1. The van der Waals surface area contributed by atoms with Crippen molar-refractivity contribution in [3.05, 3.63) is 60.8 Å². The van der Waals surface area contributed by atoms with Crippen LogP contribution in [0.1, 0.15) is 155 Å². The van der Waals surface area contributed by atoms with Gasteiger partial charge in [-0.2, -0.15) is 0 Å². The van der Waals surface area contributed by atoms with Crippen molar-refractivity contribution in [2.24, 2.45) is 0 Å². The molecule has 0 aliphatic rings. The first kappa shape index (κ1) is 54.1. The van der Waals surface area contributed by atoms with E-state index in [1.165, 1.54) is 70.6 Å². The first-order valence-electron chi connectivity index (χ1n) is 21.9. The van der Waals surface area contributed by atoms with Crippen LogP contribution in [0.15, 0.2) is 60.8 Å². The quantitative estimate of drug-likeness (QED) is 0.0136. The van der Waals surface area contributed by atoms with Crippen LogP contribution < -0.4 is 5.32 Å². The summed E-state index contributed by atoms with van der Waals surface area (Å²) >= 11 is 0. The highest BCUT2D eigenvalue weighted by Gasteiger charge is 2.27. The number of carbonyl (C=O) groups is 1. The molecule has 0 radical (unpaired) electrons. The van der Waals surface area contributed by atoms with Gasteiger partial charge in [-0.3, -0.25) is 13.8 Å². The smallest absolute Gasteiger partial charge is 0.389 e. The molecule has 0 aromatic heterocycles. The number of rotatable bonds is 38. The van der Waals surface area contributed by atoms with E-state index in [-0.39, 0.29) is 18.9 Å². The molecule has 0 aromatic carbocycles. The van der Waals surface area contributed by atoms with Gasteiger partial charge in [0.1, 0.15) is 13.2 Å². The number of nitrogens with zero attached hydrogens (tertiary/aromatic N) is 1. The van der Waals surface area contributed by atoms with Crippen molar-refractivity contribution < 1.29 is 43.1 Å². The van der Waals surface area contributed by atoms with Crippen LogP contribution in [0.4, 0.5) is 0 Å². The van der Waals surface area contributed by atoms with E-state index < -0.39 is 38.8 Å². The first-order chi connectivity index (χ1) is 26.8. The van der Waals surface area contributed by atoms with E-state index in [0.717, 1.165) is 51.4 Å². The second kappa shape index (κ2) is 36.2. The molecule has 0 bridgehead atoms. The van der Waals surface area contributed by atoms with E-state index in [1.807, 2.05) is 57.6 Å². The van der Waals surface area contributed by atoms with Gasteiger partial charge in [0.2, 0.25) is 5.91 Å². The molecule has 0 aliphatic carbocycles. The third kappa shape index (κ3) is 37.7. The second-order valence-corrected chi connectivity index (χ2v) is 17.6. The Bertz CT molecular complexity index is 1130. The van der Waals surface area contributed by atoms with Gasteiger partial charge in [0, 0.05) is 6.42 Å². The largest absolute Gasteiger partial charge is 0.472 e. The molecular weight excluding hydrogens is 727 g/mol. The van der Waals surface area contributed by atoms with E-state index in [2.05, 4.69) is 19.2 Å². The van der Waals surface area contributed by atoms with Crippen LogP contribution in [0.25, 0.3) is 0 Å². The van der Waals surface area contributed by atoms with E-state index in [1.54, 1.807) is 24.3 Å². The van der Waals surface area contributed by atoms with Crippen LogP contribution >= 0.6 is 7.82 Å². The van der Waals surface area contributed by atoms with E-state index in [0.29, 0.717) is 23.9 Å². The molecule has 1 amide bonds. The van der Waals surface area contributed by atoms with E-state index in [4.69, 9.17) is 9.05 Å². The molecule has 0 spiro atoms. The molecule has 0 saturated heterocycles. The highest BCUT2D eigenvalue weighted by atomic mass is 31.2. The highest BCUT2D eigenvalue weighted by molar-refractivity contribution is 7.47. The summed E-state index contributed by atoms with van der Waals surface area (Å²) in [7, 11) is 1.42. The number of allylic oxidation sites excluding steroid dienone is 7. The van der Waals surface area contributed by atoms with Crippen LogP contribution in [0.2, 0.25) is 0 Å². The number of phosphoric ester groups is 1. The summed E-state index contributed by atoms with van der Waals surface area (Å²) < 4.78 is 23.4. The van der Waals surface area contributed by atoms with Crippen LogP contribution in [-0.4, -0.2) is 95.9 Å². The first-order valence-corrected chi connectivity index (χ1v) is 23.4. The summed E-state index contributed by atoms with van der Waals surface area (Å²) in [4.78, 5) is 23.1. The normalized spacial score (nSPS) is 16.1. The number of aliphatic hydroxyl groups excluding tert-OH is 3. The van der Waals surface area contributed by atoms with Crippen LogP contribution in [0.5, 0.6) is 0 Å². The topological polar surface area (TPSA) is 146 Å². The molecule has 0 heterocycles. The van der Waals surface area contributed by atoms with Gasteiger partial charge in [-0.05, 0) is 38.5 Å². The van der Waals surface area contributed by atoms with Gasteiger partial charge < -0.3 is 30.0 Å². The average molecular weight is 812 g/mol. The van der Waals surface area contributed by atoms with Crippen molar-refractivity contribution >= 4 is 13.7 Å². The molecule has 5 N–H and O–H groups in total. The zero-order chi connectivity index (χ0) is 41.8. The SMILES string of the molecule is CCCCCCCCCCCCCCC/C=C/[C@@H](O)[C@H](COP(=O)(O)OCC[N+](C)(C)C)NC(=O)CCC[C@H](O)/C=C/C=C\C/C=C\C=C\[C@H](O)CCCCC. The second-order valence-electron chi connectivity index (χ2n) is 16.1. The predicted molar refractivity (Wildman–Crippen MR) is 233 cm³/mol. The molecule has 0 aromatic rings. The number of nitrogens with one attached hydrogen (secondary N) is 1. The molecule has 5 atom stereocenters. The summed E-state index contributed by atoms with van der Waals surface area (Å²) in [6, 6.07) is -0.955. The number of phosphoric acid groups is 1. The lowest BCUT2D eigenvalue weighted by atomic mass is 10.0. The van der Waals surface area contributed by atoms with Gasteiger partial charge in [-0.1, -0.05) is 171 Å². The summed E-state index contributed by atoms with van der Waals surface area (Å²) in [5.74, 6) is -0.355. The van der Waals surface area contributed by atoms with Gasteiger partial charge in [0.05, 0.1) is 52.1 Å². The molecule has 11 heteroatoms. The Balaban J connectivity index is 4.72. The maximum atomic E-state index is 12.9. The molecule has 10 nitrogen and oxygen atoms in total. The summed E-state index contributed by atoms with van der Waals surface area (Å²) in [6.45, 7) is 4.50. The molecule has 326 valence electrons. The van der Waals surface area contributed by atoms with Gasteiger partial charge in [-0.15, -0.1) is 0 Å². The fourth-order valence-corrected chi connectivity index (χ4v) is 6.58. The summed E-state index contributed by atoms with van der Waals surface area (Å²) in [6.07, 6.45) is 39.2. The fraction of sp³-hybridized carbons (Fsp3) is 0.756. The average Bonchev–Trinajstić information content (AvgIpc) is 3.13. The van der Waals surface area contributed by atoms with Crippen molar-refractivity contribution in [2.45, 2.75) is 179 Å². The maximum Gasteiger partial charge on any atom is 0.472 e. The van der Waals surface area contributed by atoms with Crippen molar-refractivity contribution in [1.82, 2.24) is 5.32 Å². The lowest BCUT2D eigenvalue weighted by Gasteiger charge is -2.25. The van der Waals surface area contributed by atoms with E-state index in [9.17, 15) is 29.6 Å². The lowest BCUT2D eigenvalue weighted by molar-refractivity contribution is -0.870. The minimum Gasteiger partial charge on any atom is -0.389 e. The predicted octanol–water partition coefficient (Wildman–Crippen LogP) is 9.80. The minimum atomic E-state index is -4.40. The number of unbranched alkanes of at least 4 members (excludes halogenated alkanes) is 15. The zero-order valence-corrected chi connectivity index (χ0v) is 37.0. The Morgan fingerprint density at radius 3 is 1.70 bits per heavy atom. The Kier molecular flexibility index (Phi) is 35.0. The van der Waals surface area contributed by atoms with E-state index >= 15 is 0 Å². The third-order valence-electron chi connectivity index (χ3n) is 9.44. The van der Waals surface area contributed by atoms with Gasteiger partial charge >= 0.3 is 7.82 Å².